The summed E-state index contributed by atoms with van der Waals surface area (Å²) in [5.74, 6) is 0.413. The number of ether oxygens (including phenoxy) is 2. The first kappa shape index (κ1) is 15.5. The molecule has 19 heavy (non-hydrogen) atoms. The Hall–Kier alpha value is -1.51. The van der Waals surface area contributed by atoms with Gasteiger partial charge in [0, 0.05) is 0 Å². The van der Waals surface area contributed by atoms with Crippen molar-refractivity contribution in [3.8, 4) is 5.75 Å². The molecule has 0 aliphatic rings. The summed E-state index contributed by atoms with van der Waals surface area (Å²) in [6.45, 7) is 4.71. The van der Waals surface area contributed by atoms with E-state index in [0.717, 1.165) is 19.3 Å². The van der Waals surface area contributed by atoms with Crippen LogP contribution in [0, 0.1) is 0 Å². The first-order valence-electron chi connectivity index (χ1n) is 7.13. The molecule has 0 radical (unpaired) electrons. The van der Waals surface area contributed by atoms with Gasteiger partial charge in [0.05, 0.1) is 6.61 Å². The molecule has 1 aromatic rings. The minimum Gasteiger partial charge on any atom is -0.482 e. The maximum absolute atomic E-state index is 11.4. The van der Waals surface area contributed by atoms with Gasteiger partial charge in [0.15, 0.2) is 6.61 Å². The van der Waals surface area contributed by atoms with Gasteiger partial charge in [-0.25, -0.2) is 4.79 Å². The fraction of sp³-hybridized carbons (Fsp3) is 0.562. The predicted octanol–water partition coefficient (Wildman–Crippen LogP) is 3.75. The Bertz CT molecular complexity index is 357. The zero-order valence-electron chi connectivity index (χ0n) is 12.0. The summed E-state index contributed by atoms with van der Waals surface area (Å²) in [5.41, 5.74) is 1.31. The van der Waals surface area contributed by atoms with Crippen LogP contribution in [0.25, 0.3) is 0 Å². The van der Waals surface area contributed by atoms with E-state index in [0.29, 0.717) is 12.4 Å². The molecular formula is C16H24O3. The van der Waals surface area contributed by atoms with Gasteiger partial charge in [0.2, 0.25) is 0 Å². The monoisotopic (exact) mass is 264 g/mol. The van der Waals surface area contributed by atoms with Gasteiger partial charge in [0.1, 0.15) is 5.75 Å². The van der Waals surface area contributed by atoms with Crippen LogP contribution in [0.3, 0.4) is 0 Å². The van der Waals surface area contributed by atoms with E-state index in [2.05, 4.69) is 13.8 Å². The lowest BCUT2D eigenvalue weighted by molar-refractivity contribution is -0.146. The molecule has 0 N–H and O–H groups in total. The van der Waals surface area contributed by atoms with Gasteiger partial charge in [-0.15, -0.1) is 0 Å². The fourth-order valence-electron chi connectivity index (χ4n) is 1.65. The first-order valence-corrected chi connectivity index (χ1v) is 7.13. The lowest BCUT2D eigenvalue weighted by Gasteiger charge is -2.07. The molecule has 1 aromatic carbocycles. The van der Waals surface area contributed by atoms with Crippen LogP contribution >= 0.6 is 0 Å². The largest absolute Gasteiger partial charge is 0.482 e. The lowest BCUT2D eigenvalue weighted by atomic mass is 10.1. The predicted molar refractivity (Wildman–Crippen MR) is 76.4 cm³/mol. The number of hydrogen-bond acceptors (Lipinski definition) is 3. The number of unbranched alkanes of at least 4 members (excludes halogenated alkanes) is 2. The Morgan fingerprint density at radius 2 is 1.74 bits per heavy atom. The summed E-state index contributed by atoms with van der Waals surface area (Å²) in [4.78, 5) is 11.4. The van der Waals surface area contributed by atoms with Crippen molar-refractivity contribution >= 4 is 5.97 Å². The molecule has 0 aromatic heterocycles. The molecular weight excluding hydrogens is 240 g/mol. The van der Waals surface area contributed by atoms with Crippen LogP contribution in [0.2, 0.25) is 0 Å². The van der Waals surface area contributed by atoms with Crippen molar-refractivity contribution in [1.29, 1.82) is 0 Å². The maximum atomic E-state index is 11.4. The lowest BCUT2D eigenvalue weighted by Crippen LogP contribution is -2.15. The van der Waals surface area contributed by atoms with Crippen LogP contribution in [0.1, 0.15) is 45.1 Å². The summed E-state index contributed by atoms with van der Waals surface area (Å²) in [6.07, 6.45) is 5.41. The van der Waals surface area contributed by atoms with Crippen molar-refractivity contribution in [3.05, 3.63) is 29.8 Å². The molecule has 0 saturated carbocycles. The normalized spacial score (nSPS) is 10.2. The van der Waals surface area contributed by atoms with Crippen LogP contribution in [0.15, 0.2) is 24.3 Å². The van der Waals surface area contributed by atoms with E-state index in [4.69, 9.17) is 9.47 Å². The van der Waals surface area contributed by atoms with Crippen molar-refractivity contribution in [2.75, 3.05) is 13.2 Å². The third-order valence-corrected chi connectivity index (χ3v) is 2.86. The van der Waals surface area contributed by atoms with Crippen molar-refractivity contribution in [3.63, 3.8) is 0 Å². The van der Waals surface area contributed by atoms with Gasteiger partial charge < -0.3 is 9.47 Å². The van der Waals surface area contributed by atoms with Crippen molar-refractivity contribution in [1.82, 2.24) is 0 Å². The maximum Gasteiger partial charge on any atom is 0.344 e. The van der Waals surface area contributed by atoms with Gasteiger partial charge in [-0.2, -0.15) is 0 Å². The zero-order valence-corrected chi connectivity index (χ0v) is 12.0. The standard InChI is InChI=1S/C16H24O3/c1-3-5-7-14-8-10-15(11-9-14)19-13-16(17)18-12-6-4-2/h8-11H,3-7,12-13H2,1-2H3. The second-order valence-corrected chi connectivity index (χ2v) is 4.61. The fourth-order valence-corrected chi connectivity index (χ4v) is 1.65. The number of aryl methyl sites for hydroxylation is 1. The Morgan fingerprint density at radius 3 is 2.37 bits per heavy atom. The highest BCUT2D eigenvalue weighted by molar-refractivity contribution is 5.71. The van der Waals surface area contributed by atoms with Crippen molar-refractivity contribution in [2.24, 2.45) is 0 Å². The summed E-state index contributed by atoms with van der Waals surface area (Å²) < 4.78 is 10.4. The second-order valence-electron chi connectivity index (χ2n) is 4.61. The third-order valence-electron chi connectivity index (χ3n) is 2.86. The van der Waals surface area contributed by atoms with Crippen LogP contribution < -0.4 is 4.74 Å². The van der Waals surface area contributed by atoms with E-state index in [1.165, 1.54) is 18.4 Å². The summed E-state index contributed by atoms with van der Waals surface area (Å²) >= 11 is 0. The van der Waals surface area contributed by atoms with Crippen molar-refractivity contribution in [2.45, 2.75) is 46.0 Å². The van der Waals surface area contributed by atoms with Gasteiger partial charge in [-0.05, 0) is 37.0 Å². The molecule has 0 saturated heterocycles. The van der Waals surface area contributed by atoms with Crippen LogP contribution in [0.4, 0.5) is 0 Å². The number of rotatable bonds is 9. The molecule has 0 fully saturated rings. The number of esters is 1. The number of carbonyl (C=O) groups is 1. The minimum absolute atomic E-state index is 0.0159. The molecule has 0 aliphatic heterocycles. The molecule has 3 heteroatoms. The second kappa shape index (κ2) is 9.42. The summed E-state index contributed by atoms with van der Waals surface area (Å²) in [5, 5.41) is 0. The molecule has 0 amide bonds. The first-order chi connectivity index (χ1) is 9.26. The molecule has 0 spiro atoms. The zero-order chi connectivity index (χ0) is 13.9. The van der Waals surface area contributed by atoms with Gasteiger partial charge in [-0.1, -0.05) is 38.8 Å². The average Bonchev–Trinajstić information content (AvgIpc) is 2.44. The van der Waals surface area contributed by atoms with E-state index in [1.807, 2.05) is 24.3 Å². The SMILES string of the molecule is CCCCOC(=O)COc1ccc(CCCC)cc1. The summed E-state index contributed by atoms with van der Waals surface area (Å²) in [6, 6.07) is 7.91. The van der Waals surface area contributed by atoms with E-state index >= 15 is 0 Å². The van der Waals surface area contributed by atoms with Crippen LogP contribution in [-0.4, -0.2) is 19.2 Å². The third kappa shape index (κ3) is 6.85. The summed E-state index contributed by atoms with van der Waals surface area (Å²) in [7, 11) is 0. The molecule has 1 rings (SSSR count). The minimum atomic E-state index is -0.302. The molecule has 0 bridgehead atoms. The Morgan fingerprint density at radius 1 is 1.05 bits per heavy atom. The van der Waals surface area contributed by atoms with E-state index in [9.17, 15) is 4.79 Å². The van der Waals surface area contributed by atoms with E-state index < -0.39 is 0 Å². The smallest absolute Gasteiger partial charge is 0.344 e. The molecule has 0 aliphatic carbocycles. The van der Waals surface area contributed by atoms with E-state index in [-0.39, 0.29) is 12.6 Å². The highest BCUT2D eigenvalue weighted by Gasteiger charge is 2.03. The highest BCUT2D eigenvalue weighted by atomic mass is 16.6. The quantitative estimate of drug-likeness (QED) is 0.503. The van der Waals surface area contributed by atoms with Crippen molar-refractivity contribution < 1.29 is 14.3 Å². The number of carbonyl (C=O) groups excluding carboxylic acids is 1. The molecule has 0 atom stereocenters. The highest BCUT2D eigenvalue weighted by Crippen LogP contribution is 2.13. The van der Waals surface area contributed by atoms with Crippen LogP contribution in [0.5, 0.6) is 5.75 Å². The Labute approximate surface area is 115 Å². The Balaban J connectivity index is 2.27. The molecule has 106 valence electrons. The van der Waals surface area contributed by atoms with Gasteiger partial charge in [0.25, 0.3) is 0 Å². The molecule has 3 nitrogen and oxygen atoms in total. The topological polar surface area (TPSA) is 35.5 Å². The van der Waals surface area contributed by atoms with Crippen LogP contribution in [-0.2, 0) is 16.0 Å². The van der Waals surface area contributed by atoms with Gasteiger partial charge in [-0.3, -0.25) is 0 Å². The number of hydrogen-bond donors (Lipinski definition) is 0. The molecule has 0 heterocycles. The Kier molecular flexibility index (Phi) is 7.71. The van der Waals surface area contributed by atoms with E-state index in [1.54, 1.807) is 0 Å². The van der Waals surface area contributed by atoms with Gasteiger partial charge >= 0.3 is 5.97 Å². The molecule has 0 unspecified atom stereocenters. The average molecular weight is 264 g/mol. The number of benzene rings is 1.